The second-order valence-corrected chi connectivity index (χ2v) is 5.93. The van der Waals surface area contributed by atoms with Gasteiger partial charge in [-0.25, -0.2) is 0 Å². The third-order valence-electron chi connectivity index (χ3n) is 4.49. The third kappa shape index (κ3) is 2.27. The molecule has 1 spiro atoms. The summed E-state index contributed by atoms with van der Waals surface area (Å²) >= 11 is 0. The highest BCUT2D eigenvalue weighted by Crippen LogP contribution is 2.46. The van der Waals surface area contributed by atoms with E-state index in [1.807, 2.05) is 6.92 Å². The lowest BCUT2D eigenvalue weighted by atomic mass is 9.84. The minimum Gasteiger partial charge on any atom is -0.366 e. The molecule has 0 aromatic heterocycles. The maximum absolute atomic E-state index is 8.92. The van der Waals surface area contributed by atoms with Crippen LogP contribution in [0.1, 0.15) is 32.6 Å². The summed E-state index contributed by atoms with van der Waals surface area (Å²) < 4.78 is 23.3. The van der Waals surface area contributed by atoms with Crippen molar-refractivity contribution in [2.45, 2.75) is 62.8 Å². The second-order valence-electron chi connectivity index (χ2n) is 5.93. The number of hydrogen-bond donors (Lipinski definition) is 0. The first-order valence-corrected chi connectivity index (χ1v) is 7.04. The molecule has 106 valence electrons. The largest absolute Gasteiger partial charge is 0.366 e. The van der Waals surface area contributed by atoms with E-state index in [-0.39, 0.29) is 36.1 Å². The molecule has 0 N–H and O–H groups in total. The molecule has 3 aliphatic rings. The quantitative estimate of drug-likeness (QED) is 0.777. The van der Waals surface area contributed by atoms with Crippen LogP contribution < -0.4 is 0 Å². The zero-order valence-corrected chi connectivity index (χ0v) is 11.5. The Bertz CT molecular complexity index is 382. The fourth-order valence-corrected chi connectivity index (χ4v) is 3.55. The molecule has 0 aromatic carbocycles. The topological polar surface area (TPSA) is 60.7 Å². The molecule has 0 aliphatic carbocycles. The summed E-state index contributed by atoms with van der Waals surface area (Å²) in [5.41, 5.74) is -0.308. The van der Waals surface area contributed by atoms with Crippen molar-refractivity contribution in [1.29, 1.82) is 5.26 Å². The van der Waals surface area contributed by atoms with Crippen LogP contribution in [0.2, 0.25) is 0 Å². The molecule has 0 saturated carbocycles. The van der Waals surface area contributed by atoms with E-state index in [4.69, 9.17) is 24.2 Å². The third-order valence-corrected chi connectivity index (χ3v) is 4.49. The average Bonchev–Trinajstić information content (AvgIpc) is 2.71. The SMILES string of the molecule is CO[C@@H]1OCC23C[C@H]1OC2CC[C@H](C[C@@H](C)C#N)O3. The van der Waals surface area contributed by atoms with E-state index in [9.17, 15) is 0 Å². The first-order valence-electron chi connectivity index (χ1n) is 7.04. The molecule has 2 unspecified atom stereocenters. The lowest BCUT2D eigenvalue weighted by Crippen LogP contribution is -2.54. The lowest BCUT2D eigenvalue weighted by Gasteiger charge is -2.43. The van der Waals surface area contributed by atoms with Crippen LogP contribution in [0.4, 0.5) is 0 Å². The van der Waals surface area contributed by atoms with Crippen LogP contribution in [-0.4, -0.2) is 43.9 Å². The summed E-state index contributed by atoms with van der Waals surface area (Å²) in [6.45, 7) is 2.48. The first-order chi connectivity index (χ1) is 9.16. The Hall–Kier alpha value is -0.670. The highest BCUT2D eigenvalue weighted by Gasteiger charge is 2.58. The van der Waals surface area contributed by atoms with Gasteiger partial charge in [0.05, 0.1) is 24.9 Å². The smallest absolute Gasteiger partial charge is 0.183 e. The number of nitriles is 1. The summed E-state index contributed by atoms with van der Waals surface area (Å²) in [6.07, 6.45) is 3.56. The number of methoxy groups -OCH3 is 1. The predicted molar refractivity (Wildman–Crippen MR) is 66.3 cm³/mol. The number of nitrogens with zero attached hydrogens (tertiary/aromatic N) is 1. The van der Waals surface area contributed by atoms with Gasteiger partial charge in [-0.3, -0.25) is 0 Å². The summed E-state index contributed by atoms with van der Waals surface area (Å²) in [7, 11) is 1.65. The number of ether oxygens (including phenoxy) is 4. The Balaban J connectivity index is 1.68. The van der Waals surface area contributed by atoms with E-state index in [0.29, 0.717) is 6.61 Å². The molecule has 3 saturated heterocycles. The van der Waals surface area contributed by atoms with E-state index in [1.165, 1.54) is 0 Å². The van der Waals surface area contributed by atoms with E-state index in [1.54, 1.807) is 7.11 Å². The van der Waals surface area contributed by atoms with Gasteiger partial charge < -0.3 is 18.9 Å². The van der Waals surface area contributed by atoms with Gasteiger partial charge in [0, 0.05) is 19.4 Å². The maximum atomic E-state index is 8.92. The molecule has 0 amide bonds. The summed E-state index contributed by atoms with van der Waals surface area (Å²) in [6, 6.07) is 2.28. The van der Waals surface area contributed by atoms with Crippen LogP contribution in [0.3, 0.4) is 0 Å². The van der Waals surface area contributed by atoms with Gasteiger partial charge in [0.2, 0.25) is 0 Å². The molecule has 3 fully saturated rings. The van der Waals surface area contributed by atoms with Crippen LogP contribution in [-0.2, 0) is 18.9 Å². The number of fused-ring (bicyclic) bond motifs is 1. The highest BCUT2D eigenvalue weighted by molar-refractivity contribution is 5.05. The molecule has 19 heavy (non-hydrogen) atoms. The zero-order valence-electron chi connectivity index (χ0n) is 11.5. The molecule has 2 bridgehead atoms. The Labute approximate surface area is 113 Å². The monoisotopic (exact) mass is 267 g/mol. The molecule has 3 rings (SSSR count). The molecular formula is C14H21NO4. The van der Waals surface area contributed by atoms with Gasteiger partial charge in [0.25, 0.3) is 0 Å². The van der Waals surface area contributed by atoms with E-state index in [0.717, 1.165) is 25.7 Å². The first kappa shape index (κ1) is 13.3. The maximum Gasteiger partial charge on any atom is 0.183 e. The molecule has 5 heteroatoms. The number of hydrogen-bond acceptors (Lipinski definition) is 5. The molecule has 0 aromatic rings. The van der Waals surface area contributed by atoms with Crippen molar-refractivity contribution in [2.24, 2.45) is 5.92 Å². The van der Waals surface area contributed by atoms with Crippen LogP contribution in [0.15, 0.2) is 0 Å². The van der Waals surface area contributed by atoms with Gasteiger partial charge in [-0.05, 0) is 26.2 Å². The number of rotatable bonds is 3. The summed E-state index contributed by atoms with van der Waals surface area (Å²) in [4.78, 5) is 0. The molecule has 3 heterocycles. The fraction of sp³-hybridized carbons (Fsp3) is 0.929. The van der Waals surface area contributed by atoms with Crippen molar-refractivity contribution in [3.05, 3.63) is 0 Å². The van der Waals surface area contributed by atoms with Gasteiger partial charge in [0.15, 0.2) is 6.29 Å². The van der Waals surface area contributed by atoms with Crippen molar-refractivity contribution >= 4 is 0 Å². The normalized spacial score (nSPS) is 46.4. The van der Waals surface area contributed by atoms with Gasteiger partial charge in [-0.1, -0.05) is 0 Å². The van der Waals surface area contributed by atoms with E-state index in [2.05, 4.69) is 6.07 Å². The van der Waals surface area contributed by atoms with Crippen molar-refractivity contribution < 1.29 is 18.9 Å². The second kappa shape index (κ2) is 5.02. The van der Waals surface area contributed by atoms with Crippen LogP contribution in [0.5, 0.6) is 0 Å². The van der Waals surface area contributed by atoms with Crippen molar-refractivity contribution in [3.63, 3.8) is 0 Å². The average molecular weight is 267 g/mol. The zero-order chi connectivity index (χ0) is 13.5. The van der Waals surface area contributed by atoms with Crippen LogP contribution in [0, 0.1) is 17.2 Å². The van der Waals surface area contributed by atoms with Crippen LogP contribution >= 0.6 is 0 Å². The molecule has 5 nitrogen and oxygen atoms in total. The van der Waals surface area contributed by atoms with Gasteiger partial charge in [-0.2, -0.15) is 5.26 Å². The fourth-order valence-electron chi connectivity index (χ4n) is 3.55. The molecule has 3 aliphatic heterocycles. The van der Waals surface area contributed by atoms with Gasteiger partial charge in [-0.15, -0.1) is 0 Å². The van der Waals surface area contributed by atoms with E-state index < -0.39 is 0 Å². The molecule has 6 atom stereocenters. The lowest BCUT2D eigenvalue weighted by molar-refractivity contribution is -0.231. The van der Waals surface area contributed by atoms with Gasteiger partial charge >= 0.3 is 0 Å². The Morgan fingerprint density at radius 1 is 1.47 bits per heavy atom. The van der Waals surface area contributed by atoms with Crippen LogP contribution in [0.25, 0.3) is 0 Å². The Kier molecular flexibility index (Phi) is 3.52. The summed E-state index contributed by atoms with van der Waals surface area (Å²) in [5, 5.41) is 8.92. The minimum atomic E-state index is -0.308. The van der Waals surface area contributed by atoms with Crippen molar-refractivity contribution in [1.82, 2.24) is 0 Å². The summed E-state index contributed by atoms with van der Waals surface area (Å²) in [5.74, 6) is 0.0345. The van der Waals surface area contributed by atoms with Crippen molar-refractivity contribution in [2.75, 3.05) is 13.7 Å². The standard InChI is InChI=1S/C14H21NO4/c1-9(7-15)5-10-3-4-12-14(19-10)6-11(18-12)13(16-2)17-8-14/h9-13H,3-6,8H2,1-2H3/t9-,10-,11-,12?,13-,14?/m1/s1. The van der Waals surface area contributed by atoms with E-state index >= 15 is 0 Å². The Morgan fingerprint density at radius 3 is 3.05 bits per heavy atom. The van der Waals surface area contributed by atoms with Crippen molar-refractivity contribution in [3.8, 4) is 6.07 Å². The Morgan fingerprint density at radius 2 is 2.32 bits per heavy atom. The predicted octanol–water partition coefficient (Wildman–Crippen LogP) is 1.61. The minimum absolute atomic E-state index is 0.0177. The highest BCUT2D eigenvalue weighted by atomic mass is 16.7. The van der Waals surface area contributed by atoms with Gasteiger partial charge in [0.1, 0.15) is 11.7 Å². The molecular weight excluding hydrogens is 246 g/mol. The molecule has 0 radical (unpaired) electrons.